The van der Waals surface area contributed by atoms with Crippen LogP contribution in [0.5, 0.6) is 0 Å². The van der Waals surface area contributed by atoms with E-state index in [-0.39, 0.29) is 6.42 Å². The van der Waals surface area contributed by atoms with Crippen LogP contribution < -0.4 is 0 Å². The summed E-state index contributed by atoms with van der Waals surface area (Å²) in [6.45, 7) is 2.71. The average molecular weight is 221 g/mol. The predicted octanol–water partition coefficient (Wildman–Crippen LogP) is 1.23. The topological polar surface area (TPSA) is 63.5 Å². The van der Waals surface area contributed by atoms with Gasteiger partial charge in [-0.3, -0.25) is 14.9 Å². The molecular formula is C8H13ClN2O3. The number of alkyl halides is 1. The molecule has 0 saturated carbocycles. The van der Waals surface area contributed by atoms with E-state index in [1.54, 1.807) is 6.92 Å². The first-order chi connectivity index (χ1) is 6.52. The van der Waals surface area contributed by atoms with Crippen LogP contribution in [0, 0.1) is 10.1 Å². The van der Waals surface area contributed by atoms with Crippen LogP contribution in [0.4, 0.5) is 0 Å². The molecule has 0 spiro atoms. The minimum atomic E-state index is -1.95. The van der Waals surface area contributed by atoms with Crippen molar-refractivity contribution in [3.63, 3.8) is 0 Å². The molecule has 0 aromatic rings. The van der Waals surface area contributed by atoms with Gasteiger partial charge in [-0.25, -0.2) is 0 Å². The Kier molecular flexibility index (Phi) is 3.31. The van der Waals surface area contributed by atoms with Crippen molar-refractivity contribution in [1.29, 1.82) is 0 Å². The van der Waals surface area contributed by atoms with Crippen molar-refractivity contribution in [2.75, 3.05) is 13.1 Å². The third-order valence-corrected chi connectivity index (χ3v) is 3.05. The molecule has 1 aliphatic rings. The zero-order valence-corrected chi connectivity index (χ0v) is 8.79. The number of carbonyl (C=O) groups excluding carboxylic acids is 1. The molecule has 0 aromatic heterocycles. The molecule has 0 aliphatic carbocycles. The van der Waals surface area contributed by atoms with E-state index < -0.39 is 15.8 Å². The highest BCUT2D eigenvalue weighted by Crippen LogP contribution is 2.25. The van der Waals surface area contributed by atoms with Gasteiger partial charge < -0.3 is 4.90 Å². The van der Waals surface area contributed by atoms with E-state index in [1.165, 1.54) is 4.90 Å². The quantitative estimate of drug-likeness (QED) is 0.311. The molecule has 0 unspecified atom stereocenters. The number of nitrogens with zero attached hydrogens (tertiary/aromatic N) is 2. The first-order valence-corrected chi connectivity index (χ1v) is 5.03. The summed E-state index contributed by atoms with van der Waals surface area (Å²) in [5.74, 6) is -0.566. The minimum Gasteiger partial charge on any atom is -0.335 e. The van der Waals surface area contributed by atoms with Gasteiger partial charge in [0, 0.05) is 19.5 Å². The van der Waals surface area contributed by atoms with Gasteiger partial charge in [-0.1, -0.05) is 6.92 Å². The molecule has 0 bridgehead atoms. The highest BCUT2D eigenvalue weighted by Gasteiger charge is 2.50. The number of halogens is 1. The van der Waals surface area contributed by atoms with Gasteiger partial charge >= 0.3 is 10.9 Å². The first kappa shape index (κ1) is 11.2. The van der Waals surface area contributed by atoms with Crippen molar-refractivity contribution in [2.45, 2.75) is 31.2 Å². The molecule has 80 valence electrons. The number of amides is 1. The summed E-state index contributed by atoms with van der Waals surface area (Å²) >= 11 is 5.70. The van der Waals surface area contributed by atoms with Crippen LogP contribution in [0.15, 0.2) is 0 Å². The Balaban J connectivity index is 2.78. The summed E-state index contributed by atoms with van der Waals surface area (Å²) in [6, 6.07) is 0. The normalized spacial score (nSPS) is 20.6. The maximum Gasteiger partial charge on any atom is 0.371 e. The maximum atomic E-state index is 11.7. The molecule has 0 radical (unpaired) electrons. The number of carbonyl (C=O) groups is 1. The van der Waals surface area contributed by atoms with Gasteiger partial charge in [0.05, 0.1) is 4.92 Å². The van der Waals surface area contributed by atoms with Crippen molar-refractivity contribution in [2.24, 2.45) is 0 Å². The fourth-order valence-corrected chi connectivity index (χ4v) is 1.64. The maximum absolute atomic E-state index is 11.7. The Morgan fingerprint density at radius 3 is 2.43 bits per heavy atom. The highest BCUT2D eigenvalue weighted by molar-refractivity contribution is 6.33. The Morgan fingerprint density at radius 2 is 2.07 bits per heavy atom. The van der Waals surface area contributed by atoms with Crippen molar-refractivity contribution < 1.29 is 9.72 Å². The number of rotatable bonds is 3. The fourth-order valence-electron chi connectivity index (χ4n) is 1.52. The second kappa shape index (κ2) is 4.13. The lowest BCUT2D eigenvalue weighted by Gasteiger charge is -2.22. The minimum absolute atomic E-state index is 0.0108. The SMILES string of the molecule is CC[C@@](Cl)(C(=O)N1CCCC1)[N+](=O)[O-]. The van der Waals surface area contributed by atoms with Gasteiger partial charge in [0.25, 0.3) is 0 Å². The van der Waals surface area contributed by atoms with Crippen LogP contribution in [0.3, 0.4) is 0 Å². The van der Waals surface area contributed by atoms with Gasteiger partial charge in [-0.2, -0.15) is 0 Å². The molecule has 1 rings (SSSR count). The Hall–Kier alpha value is -0.840. The highest BCUT2D eigenvalue weighted by atomic mass is 35.5. The predicted molar refractivity (Wildman–Crippen MR) is 51.7 cm³/mol. The smallest absolute Gasteiger partial charge is 0.335 e. The lowest BCUT2D eigenvalue weighted by atomic mass is 10.2. The van der Waals surface area contributed by atoms with Gasteiger partial charge in [-0.05, 0) is 24.4 Å². The van der Waals surface area contributed by atoms with E-state index in [9.17, 15) is 14.9 Å². The Bertz CT molecular complexity index is 253. The molecule has 1 heterocycles. The van der Waals surface area contributed by atoms with E-state index in [0.717, 1.165) is 12.8 Å². The number of likely N-dealkylation sites (tertiary alicyclic amines) is 1. The molecule has 0 N–H and O–H groups in total. The van der Waals surface area contributed by atoms with Gasteiger partial charge in [0.2, 0.25) is 0 Å². The van der Waals surface area contributed by atoms with E-state index >= 15 is 0 Å². The van der Waals surface area contributed by atoms with Crippen molar-refractivity contribution in [1.82, 2.24) is 4.90 Å². The van der Waals surface area contributed by atoms with E-state index in [4.69, 9.17) is 11.6 Å². The number of hydrogen-bond acceptors (Lipinski definition) is 3. The van der Waals surface area contributed by atoms with Crippen LogP contribution in [-0.4, -0.2) is 33.8 Å². The summed E-state index contributed by atoms with van der Waals surface area (Å²) in [5.41, 5.74) is 0. The van der Waals surface area contributed by atoms with Crippen LogP contribution in [0.25, 0.3) is 0 Å². The molecule has 1 aliphatic heterocycles. The molecule has 1 amide bonds. The first-order valence-electron chi connectivity index (χ1n) is 4.65. The van der Waals surface area contributed by atoms with Gasteiger partial charge in [0.1, 0.15) is 0 Å². The lowest BCUT2D eigenvalue weighted by Crippen LogP contribution is -2.48. The summed E-state index contributed by atoms with van der Waals surface area (Å²) in [7, 11) is 0. The zero-order chi connectivity index (χ0) is 10.8. The zero-order valence-electron chi connectivity index (χ0n) is 8.03. The summed E-state index contributed by atoms with van der Waals surface area (Å²) < 4.78 is 0. The number of nitro groups is 1. The molecule has 14 heavy (non-hydrogen) atoms. The Labute approximate surface area is 87.2 Å². The molecule has 0 aromatic carbocycles. The molecule has 1 fully saturated rings. The van der Waals surface area contributed by atoms with Crippen molar-refractivity contribution >= 4 is 17.5 Å². The average Bonchev–Trinajstić information content (AvgIpc) is 2.67. The van der Waals surface area contributed by atoms with Crippen LogP contribution in [0.2, 0.25) is 0 Å². The molecule has 5 nitrogen and oxygen atoms in total. The number of hydrogen-bond donors (Lipinski definition) is 0. The van der Waals surface area contributed by atoms with Crippen LogP contribution in [0.1, 0.15) is 26.2 Å². The van der Waals surface area contributed by atoms with E-state index in [0.29, 0.717) is 13.1 Å². The molecular weight excluding hydrogens is 208 g/mol. The van der Waals surface area contributed by atoms with E-state index in [1.807, 2.05) is 0 Å². The largest absolute Gasteiger partial charge is 0.371 e. The third kappa shape index (κ3) is 1.82. The van der Waals surface area contributed by atoms with Gasteiger partial charge in [-0.15, -0.1) is 0 Å². The van der Waals surface area contributed by atoms with Crippen LogP contribution >= 0.6 is 11.6 Å². The summed E-state index contributed by atoms with van der Waals surface area (Å²) in [4.78, 5) is 21.2. The summed E-state index contributed by atoms with van der Waals surface area (Å²) in [6.07, 6.45) is 1.82. The summed E-state index contributed by atoms with van der Waals surface area (Å²) in [5, 5.41) is 10.7. The third-order valence-electron chi connectivity index (χ3n) is 2.48. The second-order valence-electron chi connectivity index (χ2n) is 3.37. The molecule has 6 heteroatoms. The van der Waals surface area contributed by atoms with E-state index in [2.05, 4.69) is 0 Å². The fraction of sp³-hybridized carbons (Fsp3) is 0.875. The standard InChI is InChI=1S/C8H13ClN2O3/c1-2-8(9,11(13)14)7(12)10-5-3-4-6-10/h2-6H2,1H3/t8-/m0/s1. The lowest BCUT2D eigenvalue weighted by molar-refractivity contribution is -0.527. The molecule has 1 saturated heterocycles. The molecule has 1 atom stereocenters. The second-order valence-corrected chi connectivity index (χ2v) is 3.99. The van der Waals surface area contributed by atoms with Crippen molar-refractivity contribution in [3.8, 4) is 0 Å². The van der Waals surface area contributed by atoms with Crippen LogP contribution in [-0.2, 0) is 4.79 Å². The monoisotopic (exact) mass is 220 g/mol. The van der Waals surface area contributed by atoms with Gasteiger partial charge in [0.15, 0.2) is 0 Å². The van der Waals surface area contributed by atoms with Crippen molar-refractivity contribution in [3.05, 3.63) is 10.1 Å². The Morgan fingerprint density at radius 1 is 1.57 bits per heavy atom.